The largest absolute Gasteiger partial charge is 0.469 e. The van der Waals surface area contributed by atoms with Crippen LogP contribution in [0.15, 0.2) is 12.2 Å². The van der Waals surface area contributed by atoms with Crippen LogP contribution in [0.1, 0.15) is 71.1 Å². The Labute approximate surface area is 129 Å². The molecule has 0 heterocycles. The number of hydrogen-bond acceptors (Lipinski definition) is 3. The molecule has 4 nitrogen and oxygen atoms in total. The molecule has 0 saturated heterocycles. The van der Waals surface area contributed by atoms with Crippen molar-refractivity contribution in [1.82, 2.24) is 5.32 Å². The first-order valence-electron chi connectivity index (χ1n) is 8.08. The molecule has 0 aliphatic carbocycles. The number of nitrogens with one attached hydrogen (secondary N) is 1. The summed E-state index contributed by atoms with van der Waals surface area (Å²) in [6, 6.07) is 0. The van der Waals surface area contributed by atoms with Crippen LogP contribution in [-0.2, 0) is 14.3 Å². The minimum atomic E-state index is -0.103. The Balaban J connectivity index is 3.14. The second kappa shape index (κ2) is 13.7. The third-order valence-corrected chi connectivity index (χ3v) is 3.46. The second-order valence-corrected chi connectivity index (χ2v) is 5.54. The summed E-state index contributed by atoms with van der Waals surface area (Å²) in [7, 11) is 1.44. The SMILES string of the molecule is C=C(C)C(=O)NCCCCCCCCCCCC(=O)OC. The van der Waals surface area contributed by atoms with Crippen molar-refractivity contribution in [2.75, 3.05) is 13.7 Å². The van der Waals surface area contributed by atoms with Crippen molar-refractivity contribution in [1.29, 1.82) is 0 Å². The topological polar surface area (TPSA) is 55.4 Å². The Hall–Kier alpha value is -1.32. The molecule has 0 atom stereocenters. The maximum Gasteiger partial charge on any atom is 0.305 e. The molecule has 0 aromatic carbocycles. The summed E-state index contributed by atoms with van der Waals surface area (Å²) < 4.78 is 4.60. The van der Waals surface area contributed by atoms with E-state index < -0.39 is 0 Å². The van der Waals surface area contributed by atoms with Crippen LogP contribution >= 0.6 is 0 Å². The van der Waals surface area contributed by atoms with Crippen LogP contribution < -0.4 is 5.32 Å². The molecule has 1 amide bonds. The number of rotatable bonds is 13. The van der Waals surface area contributed by atoms with Crippen LogP contribution in [0.3, 0.4) is 0 Å². The number of unbranched alkanes of at least 4 members (excludes halogenated alkanes) is 8. The van der Waals surface area contributed by atoms with Gasteiger partial charge in [-0.25, -0.2) is 0 Å². The lowest BCUT2D eigenvalue weighted by Crippen LogP contribution is -2.24. The van der Waals surface area contributed by atoms with E-state index in [4.69, 9.17) is 0 Å². The molecule has 0 aliphatic heterocycles. The average Bonchev–Trinajstić information content (AvgIpc) is 2.47. The van der Waals surface area contributed by atoms with Gasteiger partial charge >= 0.3 is 5.97 Å². The van der Waals surface area contributed by atoms with Gasteiger partial charge in [-0.15, -0.1) is 0 Å². The quantitative estimate of drug-likeness (QED) is 0.320. The Morgan fingerprint density at radius 2 is 1.38 bits per heavy atom. The maximum absolute atomic E-state index is 11.2. The van der Waals surface area contributed by atoms with Crippen LogP contribution in [0.2, 0.25) is 0 Å². The highest BCUT2D eigenvalue weighted by Crippen LogP contribution is 2.10. The Morgan fingerprint density at radius 3 is 1.86 bits per heavy atom. The molecule has 0 bridgehead atoms. The molecule has 1 N–H and O–H groups in total. The molecule has 0 aromatic heterocycles. The van der Waals surface area contributed by atoms with Crippen LogP contribution in [0.25, 0.3) is 0 Å². The monoisotopic (exact) mass is 297 g/mol. The molecule has 0 aromatic rings. The molecule has 122 valence electrons. The fraction of sp³-hybridized carbons (Fsp3) is 0.765. The van der Waals surface area contributed by atoms with E-state index in [0.717, 1.165) is 25.8 Å². The van der Waals surface area contributed by atoms with Gasteiger partial charge < -0.3 is 10.1 Å². The second-order valence-electron chi connectivity index (χ2n) is 5.54. The zero-order valence-electron chi connectivity index (χ0n) is 13.7. The van der Waals surface area contributed by atoms with Gasteiger partial charge in [-0.2, -0.15) is 0 Å². The molecule has 0 saturated carbocycles. The number of ether oxygens (including phenoxy) is 1. The number of hydrogen-bond donors (Lipinski definition) is 1. The Kier molecular flexibility index (Phi) is 12.8. The first kappa shape index (κ1) is 19.7. The summed E-state index contributed by atoms with van der Waals surface area (Å²) in [5.74, 6) is -0.143. The molecule has 0 aliphatic rings. The van der Waals surface area contributed by atoms with Crippen LogP contribution in [-0.4, -0.2) is 25.5 Å². The molecule has 0 spiro atoms. The number of esters is 1. The van der Waals surface area contributed by atoms with Crippen molar-refractivity contribution >= 4 is 11.9 Å². The summed E-state index contributed by atoms with van der Waals surface area (Å²) in [5.41, 5.74) is 0.571. The van der Waals surface area contributed by atoms with E-state index in [1.807, 2.05) is 0 Å². The van der Waals surface area contributed by atoms with Gasteiger partial charge in [0.2, 0.25) is 5.91 Å². The smallest absolute Gasteiger partial charge is 0.305 e. The van der Waals surface area contributed by atoms with E-state index in [-0.39, 0.29) is 11.9 Å². The fourth-order valence-electron chi connectivity index (χ4n) is 2.09. The lowest BCUT2D eigenvalue weighted by Gasteiger charge is -2.05. The minimum Gasteiger partial charge on any atom is -0.469 e. The van der Waals surface area contributed by atoms with E-state index in [2.05, 4.69) is 16.6 Å². The maximum atomic E-state index is 11.2. The highest BCUT2D eigenvalue weighted by molar-refractivity contribution is 5.91. The van der Waals surface area contributed by atoms with E-state index in [1.54, 1.807) is 6.92 Å². The van der Waals surface area contributed by atoms with Crippen molar-refractivity contribution in [2.24, 2.45) is 0 Å². The first-order chi connectivity index (χ1) is 10.1. The number of carbonyl (C=O) groups excluding carboxylic acids is 2. The third kappa shape index (κ3) is 13.4. The summed E-state index contributed by atoms with van der Waals surface area (Å²) in [5, 5.41) is 2.84. The summed E-state index contributed by atoms with van der Waals surface area (Å²) in [6.45, 7) is 6.07. The van der Waals surface area contributed by atoms with Crippen molar-refractivity contribution in [3.05, 3.63) is 12.2 Å². The molecule has 0 unspecified atom stereocenters. The Morgan fingerprint density at radius 1 is 0.905 bits per heavy atom. The van der Waals surface area contributed by atoms with Crippen molar-refractivity contribution in [3.8, 4) is 0 Å². The van der Waals surface area contributed by atoms with Gasteiger partial charge in [0.25, 0.3) is 0 Å². The van der Waals surface area contributed by atoms with Gasteiger partial charge in [-0.05, 0) is 19.8 Å². The summed E-state index contributed by atoms with van der Waals surface area (Å²) >= 11 is 0. The zero-order valence-corrected chi connectivity index (χ0v) is 13.7. The van der Waals surface area contributed by atoms with Crippen molar-refractivity contribution in [2.45, 2.75) is 71.1 Å². The average molecular weight is 297 g/mol. The highest BCUT2D eigenvalue weighted by atomic mass is 16.5. The Bertz CT molecular complexity index is 313. The van der Waals surface area contributed by atoms with E-state index >= 15 is 0 Å². The number of methoxy groups -OCH3 is 1. The summed E-state index contributed by atoms with van der Waals surface area (Å²) in [4.78, 5) is 22.1. The molecule has 0 rings (SSSR count). The summed E-state index contributed by atoms with van der Waals surface area (Å²) in [6.07, 6.45) is 11.0. The van der Waals surface area contributed by atoms with Crippen molar-refractivity contribution < 1.29 is 14.3 Å². The standard InChI is InChI=1S/C17H31NO3/c1-15(2)17(20)18-14-12-10-8-6-4-5-7-9-11-13-16(19)21-3/h1,4-14H2,2-3H3,(H,18,20). The van der Waals surface area contributed by atoms with Gasteiger partial charge in [0, 0.05) is 18.5 Å². The predicted octanol–water partition coefficient (Wildman–Crippen LogP) is 3.75. The fourth-order valence-corrected chi connectivity index (χ4v) is 2.09. The van der Waals surface area contributed by atoms with Gasteiger partial charge in [0.05, 0.1) is 7.11 Å². The zero-order chi connectivity index (χ0) is 15.9. The van der Waals surface area contributed by atoms with Crippen LogP contribution in [0, 0.1) is 0 Å². The minimum absolute atomic E-state index is 0.0399. The molecule has 0 fully saturated rings. The van der Waals surface area contributed by atoms with E-state index in [9.17, 15) is 9.59 Å². The lowest BCUT2D eigenvalue weighted by molar-refractivity contribution is -0.140. The van der Waals surface area contributed by atoms with Crippen LogP contribution in [0.4, 0.5) is 0 Å². The molecule has 4 heteroatoms. The van der Waals surface area contributed by atoms with Gasteiger partial charge in [0.1, 0.15) is 0 Å². The highest BCUT2D eigenvalue weighted by Gasteiger charge is 2.00. The number of carbonyl (C=O) groups is 2. The van der Waals surface area contributed by atoms with Gasteiger partial charge in [0.15, 0.2) is 0 Å². The number of amides is 1. The van der Waals surface area contributed by atoms with Crippen molar-refractivity contribution in [3.63, 3.8) is 0 Å². The molecular weight excluding hydrogens is 266 g/mol. The van der Waals surface area contributed by atoms with Gasteiger partial charge in [-0.1, -0.05) is 51.5 Å². The first-order valence-corrected chi connectivity index (χ1v) is 8.08. The van der Waals surface area contributed by atoms with Gasteiger partial charge in [-0.3, -0.25) is 9.59 Å². The van der Waals surface area contributed by atoms with Crippen LogP contribution in [0.5, 0.6) is 0 Å². The molecular formula is C17H31NO3. The lowest BCUT2D eigenvalue weighted by atomic mass is 10.1. The van der Waals surface area contributed by atoms with E-state index in [0.29, 0.717) is 12.0 Å². The third-order valence-electron chi connectivity index (χ3n) is 3.46. The molecule has 0 radical (unpaired) electrons. The predicted molar refractivity (Wildman–Crippen MR) is 86.0 cm³/mol. The normalized spacial score (nSPS) is 10.2. The molecule has 21 heavy (non-hydrogen) atoms. The van der Waals surface area contributed by atoms with E-state index in [1.165, 1.54) is 45.6 Å².